The standard InChI is InChI=1S/C11H15NO3/c1-4-9(13)7-5-8(12)11(15-3)6-10(7)14-2/h5-6H,4,12H2,1-3H3. The quantitative estimate of drug-likeness (QED) is 0.607. The van der Waals surface area contributed by atoms with Gasteiger partial charge >= 0.3 is 0 Å². The van der Waals surface area contributed by atoms with Gasteiger partial charge in [0.1, 0.15) is 11.5 Å². The van der Waals surface area contributed by atoms with Crippen molar-refractivity contribution in [1.82, 2.24) is 0 Å². The van der Waals surface area contributed by atoms with Gasteiger partial charge in [-0.1, -0.05) is 6.92 Å². The number of nitrogens with two attached hydrogens (primary N) is 1. The molecular weight excluding hydrogens is 194 g/mol. The Morgan fingerprint density at radius 2 is 1.87 bits per heavy atom. The number of carbonyl (C=O) groups excluding carboxylic acids is 1. The Labute approximate surface area is 89.0 Å². The fourth-order valence-electron chi connectivity index (χ4n) is 1.33. The van der Waals surface area contributed by atoms with Crippen LogP contribution < -0.4 is 15.2 Å². The van der Waals surface area contributed by atoms with Crippen molar-refractivity contribution in [3.63, 3.8) is 0 Å². The third kappa shape index (κ3) is 2.21. The van der Waals surface area contributed by atoms with Gasteiger partial charge < -0.3 is 15.2 Å². The molecule has 1 rings (SSSR count). The van der Waals surface area contributed by atoms with Crippen LogP contribution >= 0.6 is 0 Å². The molecular formula is C11H15NO3. The zero-order chi connectivity index (χ0) is 11.4. The van der Waals surface area contributed by atoms with E-state index < -0.39 is 0 Å². The summed E-state index contributed by atoms with van der Waals surface area (Å²) in [5.41, 5.74) is 6.65. The van der Waals surface area contributed by atoms with E-state index in [1.165, 1.54) is 14.2 Å². The van der Waals surface area contributed by atoms with E-state index in [1.807, 2.05) is 0 Å². The highest BCUT2D eigenvalue weighted by atomic mass is 16.5. The Morgan fingerprint density at radius 3 is 2.33 bits per heavy atom. The van der Waals surface area contributed by atoms with Gasteiger partial charge in [-0.3, -0.25) is 4.79 Å². The second-order valence-corrected chi connectivity index (χ2v) is 3.07. The number of ether oxygens (including phenoxy) is 2. The topological polar surface area (TPSA) is 61.6 Å². The highest BCUT2D eigenvalue weighted by Crippen LogP contribution is 2.31. The van der Waals surface area contributed by atoms with Gasteiger partial charge in [0.05, 0.1) is 25.5 Å². The predicted octanol–water partition coefficient (Wildman–Crippen LogP) is 1.88. The van der Waals surface area contributed by atoms with Crippen molar-refractivity contribution in [2.24, 2.45) is 0 Å². The molecule has 0 bridgehead atoms. The molecule has 1 aromatic rings. The minimum Gasteiger partial charge on any atom is -0.496 e. The molecule has 0 aromatic heterocycles. The lowest BCUT2D eigenvalue weighted by atomic mass is 10.1. The summed E-state index contributed by atoms with van der Waals surface area (Å²) in [5, 5.41) is 0. The van der Waals surface area contributed by atoms with Crippen LogP contribution in [0.2, 0.25) is 0 Å². The molecule has 0 amide bonds. The molecule has 4 nitrogen and oxygen atoms in total. The van der Waals surface area contributed by atoms with Crippen molar-refractivity contribution in [2.75, 3.05) is 20.0 Å². The van der Waals surface area contributed by atoms with E-state index in [0.29, 0.717) is 29.2 Å². The van der Waals surface area contributed by atoms with Gasteiger partial charge in [0, 0.05) is 12.5 Å². The van der Waals surface area contributed by atoms with Crippen molar-refractivity contribution in [1.29, 1.82) is 0 Å². The lowest BCUT2D eigenvalue weighted by molar-refractivity contribution is 0.0985. The van der Waals surface area contributed by atoms with E-state index >= 15 is 0 Å². The summed E-state index contributed by atoms with van der Waals surface area (Å²) in [4.78, 5) is 11.6. The van der Waals surface area contributed by atoms with Crippen molar-refractivity contribution < 1.29 is 14.3 Å². The van der Waals surface area contributed by atoms with E-state index in [9.17, 15) is 4.79 Å². The number of carbonyl (C=O) groups is 1. The Morgan fingerprint density at radius 1 is 1.27 bits per heavy atom. The summed E-state index contributed by atoms with van der Waals surface area (Å²) in [6.07, 6.45) is 0.419. The number of methoxy groups -OCH3 is 2. The van der Waals surface area contributed by atoms with Crippen molar-refractivity contribution >= 4 is 11.5 Å². The van der Waals surface area contributed by atoms with Gasteiger partial charge in [-0.15, -0.1) is 0 Å². The molecule has 0 spiro atoms. The summed E-state index contributed by atoms with van der Waals surface area (Å²) in [6.45, 7) is 1.79. The first kappa shape index (κ1) is 11.4. The smallest absolute Gasteiger partial charge is 0.166 e. The fraction of sp³-hybridized carbons (Fsp3) is 0.364. The summed E-state index contributed by atoms with van der Waals surface area (Å²) in [6, 6.07) is 3.21. The fourth-order valence-corrected chi connectivity index (χ4v) is 1.33. The highest BCUT2D eigenvalue weighted by Gasteiger charge is 2.14. The van der Waals surface area contributed by atoms with Gasteiger partial charge in [0.15, 0.2) is 5.78 Å². The number of ketones is 1. The van der Waals surface area contributed by atoms with Crippen LogP contribution in [0.25, 0.3) is 0 Å². The molecule has 0 aliphatic rings. The van der Waals surface area contributed by atoms with Gasteiger partial charge in [0.25, 0.3) is 0 Å². The van der Waals surface area contributed by atoms with E-state index in [1.54, 1.807) is 19.1 Å². The lowest BCUT2D eigenvalue weighted by Crippen LogP contribution is -2.03. The monoisotopic (exact) mass is 209 g/mol. The predicted molar refractivity (Wildman–Crippen MR) is 58.6 cm³/mol. The first-order valence-corrected chi connectivity index (χ1v) is 4.68. The Bertz CT molecular complexity index is 374. The molecule has 0 fully saturated rings. The van der Waals surface area contributed by atoms with Crippen LogP contribution in [-0.2, 0) is 0 Å². The molecule has 2 N–H and O–H groups in total. The Hall–Kier alpha value is -1.71. The molecule has 0 heterocycles. The van der Waals surface area contributed by atoms with Crippen LogP contribution in [0, 0.1) is 0 Å². The summed E-state index contributed by atoms with van der Waals surface area (Å²) >= 11 is 0. The normalized spacial score (nSPS) is 9.80. The third-order valence-electron chi connectivity index (χ3n) is 2.17. The van der Waals surface area contributed by atoms with E-state index in [-0.39, 0.29) is 5.78 Å². The van der Waals surface area contributed by atoms with Crippen LogP contribution in [0.1, 0.15) is 23.7 Å². The molecule has 0 aliphatic carbocycles. The molecule has 1 aromatic carbocycles. The molecule has 0 saturated heterocycles. The lowest BCUT2D eigenvalue weighted by Gasteiger charge is -2.11. The van der Waals surface area contributed by atoms with Gasteiger partial charge in [-0.05, 0) is 6.07 Å². The van der Waals surface area contributed by atoms with Crippen LogP contribution in [0.3, 0.4) is 0 Å². The maximum Gasteiger partial charge on any atom is 0.166 e. The highest BCUT2D eigenvalue weighted by molar-refractivity contribution is 5.99. The maximum absolute atomic E-state index is 11.6. The zero-order valence-corrected chi connectivity index (χ0v) is 9.16. The second kappa shape index (κ2) is 4.68. The van der Waals surface area contributed by atoms with Crippen molar-refractivity contribution in [3.05, 3.63) is 17.7 Å². The molecule has 4 heteroatoms. The molecule has 0 saturated carbocycles. The molecule has 0 unspecified atom stereocenters. The first-order valence-electron chi connectivity index (χ1n) is 4.68. The van der Waals surface area contributed by atoms with Crippen LogP contribution in [0.5, 0.6) is 11.5 Å². The van der Waals surface area contributed by atoms with Gasteiger partial charge in [0.2, 0.25) is 0 Å². The van der Waals surface area contributed by atoms with Crippen molar-refractivity contribution in [2.45, 2.75) is 13.3 Å². The van der Waals surface area contributed by atoms with Crippen LogP contribution in [0.15, 0.2) is 12.1 Å². The largest absolute Gasteiger partial charge is 0.496 e. The third-order valence-corrected chi connectivity index (χ3v) is 2.17. The average Bonchev–Trinajstić information content (AvgIpc) is 2.27. The second-order valence-electron chi connectivity index (χ2n) is 3.07. The maximum atomic E-state index is 11.6. The van der Waals surface area contributed by atoms with Gasteiger partial charge in [-0.2, -0.15) is 0 Å². The Balaban J connectivity index is 3.27. The van der Waals surface area contributed by atoms with Crippen LogP contribution in [0.4, 0.5) is 5.69 Å². The van der Waals surface area contributed by atoms with E-state index in [4.69, 9.17) is 15.2 Å². The number of anilines is 1. The number of nitrogen functional groups attached to an aromatic ring is 1. The molecule has 0 atom stereocenters. The summed E-state index contributed by atoms with van der Waals surface area (Å²) < 4.78 is 10.1. The molecule has 15 heavy (non-hydrogen) atoms. The number of hydrogen-bond donors (Lipinski definition) is 1. The SMILES string of the molecule is CCC(=O)c1cc(N)c(OC)cc1OC. The average molecular weight is 209 g/mol. The number of hydrogen-bond acceptors (Lipinski definition) is 4. The van der Waals surface area contributed by atoms with Crippen molar-refractivity contribution in [3.8, 4) is 11.5 Å². The first-order chi connectivity index (χ1) is 7.13. The summed E-state index contributed by atoms with van der Waals surface area (Å²) in [7, 11) is 3.03. The zero-order valence-electron chi connectivity index (χ0n) is 9.16. The Kier molecular flexibility index (Phi) is 3.55. The van der Waals surface area contributed by atoms with Crippen LogP contribution in [-0.4, -0.2) is 20.0 Å². The van der Waals surface area contributed by atoms with Gasteiger partial charge in [-0.25, -0.2) is 0 Å². The van der Waals surface area contributed by atoms with E-state index in [2.05, 4.69) is 0 Å². The number of benzene rings is 1. The molecule has 0 aliphatic heterocycles. The summed E-state index contributed by atoms with van der Waals surface area (Å²) in [5.74, 6) is 1.01. The minimum atomic E-state index is 0.00111. The minimum absolute atomic E-state index is 0.00111. The number of Topliss-reactive ketones (excluding diaryl/α,β-unsaturated/α-hetero) is 1. The molecule has 82 valence electrons. The molecule has 0 radical (unpaired) electrons. The number of rotatable bonds is 4. The van der Waals surface area contributed by atoms with E-state index in [0.717, 1.165) is 0 Å².